The number of nitro groups is 1. The minimum Gasteiger partial charge on any atom is -0.366 e. The summed E-state index contributed by atoms with van der Waals surface area (Å²) >= 11 is 0. The highest BCUT2D eigenvalue weighted by Crippen LogP contribution is 2.33. The number of nitrogens with two attached hydrogens (primary N) is 1. The van der Waals surface area contributed by atoms with Crippen molar-refractivity contribution in [3.8, 4) is 0 Å². The number of rotatable bonds is 6. The third-order valence-corrected chi connectivity index (χ3v) is 5.16. The number of nitrogens with one attached hydrogen (secondary N) is 1. The number of anilines is 1. The van der Waals surface area contributed by atoms with E-state index in [1.807, 2.05) is 0 Å². The van der Waals surface area contributed by atoms with Gasteiger partial charge in [-0.2, -0.15) is 0 Å². The highest BCUT2D eigenvalue weighted by Gasteiger charge is 2.29. The second-order valence-corrected chi connectivity index (χ2v) is 7.37. The number of halogens is 1. The van der Waals surface area contributed by atoms with Crippen LogP contribution < -0.4 is 16.0 Å². The fourth-order valence-electron chi connectivity index (χ4n) is 3.49. The summed E-state index contributed by atoms with van der Waals surface area (Å²) in [6.07, 6.45) is 4.41. The molecule has 2 atom stereocenters. The summed E-state index contributed by atoms with van der Waals surface area (Å²) in [5.74, 6) is 0.705. The van der Waals surface area contributed by atoms with Crippen LogP contribution in [0.25, 0.3) is 0 Å². The Labute approximate surface area is 159 Å². The summed E-state index contributed by atoms with van der Waals surface area (Å²) in [7, 11) is 0. The van der Waals surface area contributed by atoms with Gasteiger partial charge in [0.05, 0.1) is 4.92 Å². The summed E-state index contributed by atoms with van der Waals surface area (Å²) in [6, 6.07) is 4.71. The van der Waals surface area contributed by atoms with Crippen LogP contribution in [0.1, 0.15) is 43.0 Å². The topological polar surface area (TPSA) is 102 Å². The molecule has 8 heteroatoms. The van der Waals surface area contributed by atoms with Crippen LogP contribution in [0.2, 0.25) is 0 Å². The van der Waals surface area contributed by atoms with Gasteiger partial charge in [0.2, 0.25) is 0 Å². The Balaban J connectivity index is 0.00000243. The van der Waals surface area contributed by atoms with Crippen LogP contribution in [0.3, 0.4) is 0 Å². The van der Waals surface area contributed by atoms with Crippen LogP contribution in [0.4, 0.5) is 11.4 Å². The molecule has 2 unspecified atom stereocenters. The summed E-state index contributed by atoms with van der Waals surface area (Å²) in [5, 5.41) is 14.3. The molecule has 1 saturated heterocycles. The van der Waals surface area contributed by atoms with Crippen molar-refractivity contribution in [2.24, 2.45) is 17.6 Å². The fourth-order valence-corrected chi connectivity index (χ4v) is 3.49. The van der Waals surface area contributed by atoms with Gasteiger partial charge in [-0.25, -0.2) is 0 Å². The van der Waals surface area contributed by atoms with Crippen molar-refractivity contribution in [2.75, 3.05) is 24.5 Å². The van der Waals surface area contributed by atoms with Crippen LogP contribution in [0.15, 0.2) is 18.2 Å². The van der Waals surface area contributed by atoms with E-state index in [-0.39, 0.29) is 30.0 Å². The lowest BCUT2D eigenvalue weighted by Gasteiger charge is -2.32. The zero-order valence-corrected chi connectivity index (χ0v) is 15.8. The quantitative estimate of drug-likeness (QED) is 0.581. The van der Waals surface area contributed by atoms with Gasteiger partial charge < -0.3 is 16.0 Å². The van der Waals surface area contributed by atoms with Crippen LogP contribution in [0, 0.1) is 22.0 Å². The van der Waals surface area contributed by atoms with Gasteiger partial charge in [0.25, 0.3) is 11.6 Å². The molecule has 7 nitrogen and oxygen atoms in total. The number of hydrogen-bond donors (Lipinski definition) is 2. The van der Waals surface area contributed by atoms with E-state index >= 15 is 0 Å². The molecule has 26 heavy (non-hydrogen) atoms. The molecule has 1 aliphatic carbocycles. The van der Waals surface area contributed by atoms with E-state index in [0.29, 0.717) is 29.6 Å². The number of nitrogens with zero attached hydrogens (tertiary/aromatic N) is 2. The van der Waals surface area contributed by atoms with Crippen LogP contribution in [-0.4, -0.2) is 36.5 Å². The van der Waals surface area contributed by atoms with Gasteiger partial charge in [-0.15, -0.1) is 12.4 Å². The number of benzene rings is 1. The Hall–Kier alpha value is -1.86. The molecule has 3 rings (SSSR count). The predicted octanol–water partition coefficient (Wildman–Crippen LogP) is 2.72. The molecule has 0 spiro atoms. The molecular formula is C18H27ClN4O3. The van der Waals surface area contributed by atoms with Gasteiger partial charge in [0, 0.05) is 37.3 Å². The lowest BCUT2D eigenvalue weighted by atomic mass is 9.99. The van der Waals surface area contributed by atoms with E-state index in [9.17, 15) is 14.9 Å². The van der Waals surface area contributed by atoms with E-state index in [1.54, 1.807) is 12.1 Å². The summed E-state index contributed by atoms with van der Waals surface area (Å²) in [6.45, 7) is 4.18. The maximum atomic E-state index is 12.3. The maximum absolute atomic E-state index is 12.3. The number of nitro benzene ring substituents is 1. The third-order valence-electron chi connectivity index (χ3n) is 5.16. The highest BCUT2D eigenvalue weighted by atomic mass is 35.5. The van der Waals surface area contributed by atoms with E-state index in [4.69, 9.17) is 5.73 Å². The third kappa shape index (κ3) is 4.86. The molecule has 2 aliphatic rings. The van der Waals surface area contributed by atoms with E-state index in [2.05, 4.69) is 17.1 Å². The standard InChI is InChI=1S/C18H26N4O3.ClH/c1-12-3-2-8-21(11-12)16-7-6-14(9-17(16)22(24)25)18(23)20-10-15(19)13-4-5-13;/h6-7,9,12-13,15H,2-5,8,10-11,19H2,1H3,(H,20,23);1H. The average Bonchev–Trinajstić information content (AvgIpc) is 3.44. The first-order valence-corrected chi connectivity index (χ1v) is 9.03. The Morgan fingerprint density at radius 2 is 2.15 bits per heavy atom. The van der Waals surface area contributed by atoms with Crippen molar-refractivity contribution in [3.63, 3.8) is 0 Å². The van der Waals surface area contributed by atoms with Gasteiger partial charge >= 0.3 is 0 Å². The Bertz CT molecular complexity index is 666. The second-order valence-electron chi connectivity index (χ2n) is 7.37. The average molecular weight is 383 g/mol. The Morgan fingerprint density at radius 3 is 2.77 bits per heavy atom. The van der Waals surface area contributed by atoms with Crippen molar-refractivity contribution in [1.29, 1.82) is 0 Å². The zero-order valence-electron chi connectivity index (χ0n) is 15.0. The van der Waals surface area contributed by atoms with Gasteiger partial charge in [-0.1, -0.05) is 6.92 Å². The number of piperidine rings is 1. The molecule has 1 amide bonds. The van der Waals surface area contributed by atoms with Crippen molar-refractivity contribution < 1.29 is 9.72 Å². The Morgan fingerprint density at radius 1 is 1.42 bits per heavy atom. The van der Waals surface area contributed by atoms with Gasteiger partial charge in [-0.3, -0.25) is 14.9 Å². The zero-order chi connectivity index (χ0) is 18.0. The minimum absolute atomic E-state index is 0. The van der Waals surface area contributed by atoms with E-state index < -0.39 is 4.92 Å². The van der Waals surface area contributed by atoms with E-state index in [1.165, 1.54) is 6.07 Å². The molecule has 1 aliphatic heterocycles. The molecule has 0 aromatic heterocycles. The van der Waals surface area contributed by atoms with Crippen molar-refractivity contribution in [3.05, 3.63) is 33.9 Å². The molecule has 1 saturated carbocycles. The summed E-state index contributed by atoms with van der Waals surface area (Å²) < 4.78 is 0. The first-order chi connectivity index (χ1) is 12.0. The number of amides is 1. The predicted molar refractivity (Wildman–Crippen MR) is 104 cm³/mol. The maximum Gasteiger partial charge on any atom is 0.293 e. The smallest absolute Gasteiger partial charge is 0.293 e. The summed E-state index contributed by atoms with van der Waals surface area (Å²) in [5.41, 5.74) is 6.89. The normalized spacial score (nSPS) is 20.8. The first-order valence-electron chi connectivity index (χ1n) is 9.03. The monoisotopic (exact) mass is 382 g/mol. The molecule has 2 fully saturated rings. The van der Waals surface area contributed by atoms with Crippen LogP contribution in [0.5, 0.6) is 0 Å². The fraction of sp³-hybridized carbons (Fsp3) is 0.611. The number of carbonyl (C=O) groups is 1. The van der Waals surface area contributed by atoms with Gasteiger partial charge in [0.15, 0.2) is 0 Å². The summed E-state index contributed by atoms with van der Waals surface area (Å²) in [4.78, 5) is 25.5. The molecule has 3 N–H and O–H groups in total. The van der Waals surface area contributed by atoms with Crippen molar-refractivity contribution >= 4 is 29.7 Å². The minimum atomic E-state index is -0.401. The van der Waals surface area contributed by atoms with Crippen LogP contribution >= 0.6 is 12.4 Å². The van der Waals surface area contributed by atoms with E-state index in [0.717, 1.165) is 38.8 Å². The Kier molecular flexibility index (Phi) is 6.83. The SMILES string of the molecule is CC1CCCN(c2ccc(C(=O)NCC(N)C3CC3)cc2[N+](=O)[O-])C1.Cl. The molecule has 0 radical (unpaired) electrons. The molecule has 0 bridgehead atoms. The van der Waals surface area contributed by atoms with Crippen molar-refractivity contribution in [1.82, 2.24) is 5.32 Å². The lowest BCUT2D eigenvalue weighted by molar-refractivity contribution is -0.384. The number of carbonyl (C=O) groups excluding carboxylic acids is 1. The lowest BCUT2D eigenvalue weighted by Crippen LogP contribution is -2.38. The highest BCUT2D eigenvalue weighted by molar-refractivity contribution is 5.95. The molecule has 1 heterocycles. The largest absolute Gasteiger partial charge is 0.366 e. The van der Waals surface area contributed by atoms with Gasteiger partial charge in [-0.05, 0) is 49.7 Å². The molecule has 1 aromatic carbocycles. The molecular weight excluding hydrogens is 356 g/mol. The first kappa shape index (κ1) is 20.5. The molecule has 144 valence electrons. The second kappa shape index (κ2) is 8.68. The van der Waals surface area contributed by atoms with Crippen molar-refractivity contribution in [2.45, 2.75) is 38.6 Å². The van der Waals surface area contributed by atoms with Crippen LogP contribution in [-0.2, 0) is 0 Å². The molecule has 1 aromatic rings. The van der Waals surface area contributed by atoms with Gasteiger partial charge in [0.1, 0.15) is 5.69 Å². The number of hydrogen-bond acceptors (Lipinski definition) is 5.